The van der Waals surface area contributed by atoms with Gasteiger partial charge in [-0.3, -0.25) is 4.79 Å². The van der Waals surface area contributed by atoms with Crippen LogP contribution in [0.4, 0.5) is 0 Å². The van der Waals surface area contributed by atoms with E-state index in [-0.39, 0.29) is 11.6 Å². The van der Waals surface area contributed by atoms with Gasteiger partial charge in [0.2, 0.25) is 0 Å². The summed E-state index contributed by atoms with van der Waals surface area (Å²) in [6.45, 7) is 2.05. The number of hydrogen-bond acceptors (Lipinski definition) is 6. The van der Waals surface area contributed by atoms with Gasteiger partial charge in [-0.15, -0.1) is 5.10 Å². The number of ketones is 1. The van der Waals surface area contributed by atoms with Gasteiger partial charge in [0.1, 0.15) is 5.75 Å². The van der Waals surface area contributed by atoms with Crippen molar-refractivity contribution < 1.29 is 19.1 Å². The van der Waals surface area contributed by atoms with Gasteiger partial charge in [0.25, 0.3) is 5.82 Å². The van der Waals surface area contributed by atoms with Crippen LogP contribution in [0, 0.1) is 0 Å². The highest BCUT2D eigenvalue weighted by Gasteiger charge is 2.21. The number of ether oxygens (including phenoxy) is 2. The highest BCUT2D eigenvalue weighted by molar-refractivity contribution is 9.10. The summed E-state index contributed by atoms with van der Waals surface area (Å²) < 4.78 is 13.3. The Balaban J connectivity index is 1.34. The fraction of sp³-hybridized carbons (Fsp3) is 0.0968. The Kier molecular flexibility index (Phi) is 7.94. The van der Waals surface area contributed by atoms with E-state index in [0.29, 0.717) is 23.7 Å². The van der Waals surface area contributed by atoms with Crippen molar-refractivity contribution in [3.8, 4) is 34.0 Å². The number of halogens is 1. The summed E-state index contributed by atoms with van der Waals surface area (Å²) in [5.74, 6) is -0.0636. The molecule has 0 spiro atoms. The molecule has 4 aromatic carbocycles. The van der Waals surface area contributed by atoms with Gasteiger partial charge in [-0.25, -0.2) is 14.5 Å². The van der Waals surface area contributed by atoms with Gasteiger partial charge >= 0.3 is 5.97 Å². The molecule has 0 saturated heterocycles. The lowest BCUT2D eigenvalue weighted by molar-refractivity contribution is 0.0462. The molecule has 194 valence electrons. The summed E-state index contributed by atoms with van der Waals surface area (Å²) in [4.78, 5) is 30.1. The lowest BCUT2D eigenvalue weighted by Gasteiger charge is -2.08. The number of aromatic nitrogens is 3. The maximum atomic E-state index is 12.9. The minimum atomic E-state index is -0.785. The molecular weight excluding hydrogens is 558 g/mol. The van der Waals surface area contributed by atoms with Gasteiger partial charge in [-0.05, 0) is 54.4 Å². The molecule has 0 atom stereocenters. The van der Waals surface area contributed by atoms with E-state index < -0.39 is 12.6 Å². The SMILES string of the molecule is CCOc1ccc(-n2nc(C(=O)OCC(=O)c3ccc(-c4ccccc4)cc3)nc2-c2ccc(Br)cc2)cc1. The minimum absolute atomic E-state index is 0.144. The summed E-state index contributed by atoms with van der Waals surface area (Å²) in [6, 6.07) is 31.9. The third-order valence-electron chi connectivity index (χ3n) is 5.93. The molecule has 0 fully saturated rings. The van der Waals surface area contributed by atoms with E-state index in [9.17, 15) is 9.59 Å². The van der Waals surface area contributed by atoms with E-state index >= 15 is 0 Å². The predicted molar refractivity (Wildman–Crippen MR) is 152 cm³/mol. The van der Waals surface area contributed by atoms with Crippen LogP contribution >= 0.6 is 15.9 Å². The smallest absolute Gasteiger partial charge is 0.378 e. The van der Waals surface area contributed by atoms with Crippen molar-refractivity contribution in [3.05, 3.63) is 119 Å². The summed E-state index contributed by atoms with van der Waals surface area (Å²) >= 11 is 3.44. The third-order valence-corrected chi connectivity index (χ3v) is 6.46. The molecule has 5 rings (SSSR count). The molecule has 1 aromatic heterocycles. The second-order valence-corrected chi connectivity index (χ2v) is 9.46. The number of esters is 1. The normalized spacial score (nSPS) is 10.7. The van der Waals surface area contributed by atoms with Crippen molar-refractivity contribution in [2.45, 2.75) is 6.92 Å². The Morgan fingerprint density at radius 3 is 2.10 bits per heavy atom. The predicted octanol–water partition coefficient (Wildman–Crippen LogP) is 6.80. The van der Waals surface area contributed by atoms with E-state index in [1.165, 1.54) is 0 Å². The van der Waals surface area contributed by atoms with Crippen LogP contribution in [-0.2, 0) is 4.74 Å². The van der Waals surface area contributed by atoms with Gasteiger partial charge in [0.05, 0.1) is 12.3 Å². The van der Waals surface area contributed by atoms with Gasteiger partial charge in [-0.2, -0.15) is 0 Å². The summed E-state index contributed by atoms with van der Waals surface area (Å²) in [6.07, 6.45) is 0. The molecule has 0 radical (unpaired) electrons. The van der Waals surface area contributed by atoms with E-state index in [4.69, 9.17) is 9.47 Å². The monoisotopic (exact) mass is 581 g/mol. The van der Waals surface area contributed by atoms with Gasteiger partial charge in [-0.1, -0.05) is 82.7 Å². The first-order chi connectivity index (χ1) is 19.0. The highest BCUT2D eigenvalue weighted by atomic mass is 79.9. The Morgan fingerprint density at radius 2 is 1.44 bits per heavy atom. The van der Waals surface area contributed by atoms with Crippen LogP contribution in [0.1, 0.15) is 27.9 Å². The van der Waals surface area contributed by atoms with E-state index in [0.717, 1.165) is 26.9 Å². The van der Waals surface area contributed by atoms with Crippen LogP contribution in [0.15, 0.2) is 108 Å². The van der Waals surface area contributed by atoms with Gasteiger partial charge in [0.15, 0.2) is 18.2 Å². The lowest BCUT2D eigenvalue weighted by Crippen LogP contribution is -2.15. The lowest BCUT2D eigenvalue weighted by atomic mass is 10.0. The van der Waals surface area contributed by atoms with Crippen molar-refractivity contribution in [2.75, 3.05) is 13.2 Å². The van der Waals surface area contributed by atoms with Crippen LogP contribution in [-0.4, -0.2) is 39.7 Å². The number of carbonyl (C=O) groups excluding carboxylic acids is 2. The zero-order valence-electron chi connectivity index (χ0n) is 21.1. The number of benzene rings is 4. The fourth-order valence-electron chi connectivity index (χ4n) is 3.97. The van der Waals surface area contributed by atoms with Crippen molar-refractivity contribution in [3.63, 3.8) is 0 Å². The maximum Gasteiger partial charge on any atom is 0.378 e. The molecule has 1 heterocycles. The second-order valence-electron chi connectivity index (χ2n) is 8.55. The number of rotatable bonds is 9. The summed E-state index contributed by atoms with van der Waals surface area (Å²) in [5, 5.41) is 4.42. The number of nitrogens with zero attached hydrogens (tertiary/aromatic N) is 3. The molecule has 8 heteroatoms. The summed E-state index contributed by atoms with van der Waals surface area (Å²) in [5.41, 5.74) is 3.95. The number of hydrogen-bond donors (Lipinski definition) is 0. The fourth-order valence-corrected chi connectivity index (χ4v) is 4.24. The van der Waals surface area contributed by atoms with Crippen LogP contribution in [0.5, 0.6) is 5.75 Å². The molecular formula is C31H24BrN3O4. The molecule has 0 unspecified atom stereocenters. The quantitative estimate of drug-likeness (QED) is 0.140. The minimum Gasteiger partial charge on any atom is -0.494 e. The average Bonchev–Trinajstić information content (AvgIpc) is 3.43. The standard InChI is InChI=1S/C31H24BrN3O4/c1-2-38-27-18-16-26(17-19-27)35-30(24-12-14-25(32)15-13-24)33-29(34-35)31(37)39-20-28(36)23-10-8-22(9-11-23)21-6-4-3-5-7-21/h3-19H,2,20H2,1H3. The first-order valence-corrected chi connectivity index (χ1v) is 13.1. The van der Waals surface area contributed by atoms with Crippen LogP contribution in [0.2, 0.25) is 0 Å². The average molecular weight is 582 g/mol. The Bertz CT molecular complexity index is 1580. The Hall–Kier alpha value is -4.56. The molecule has 5 aromatic rings. The molecule has 0 amide bonds. The maximum absolute atomic E-state index is 12.9. The van der Waals surface area contributed by atoms with Gasteiger partial charge < -0.3 is 9.47 Å². The molecule has 0 bridgehead atoms. The largest absolute Gasteiger partial charge is 0.494 e. The van der Waals surface area contributed by atoms with Gasteiger partial charge in [0, 0.05) is 15.6 Å². The van der Waals surface area contributed by atoms with Crippen LogP contribution in [0.3, 0.4) is 0 Å². The van der Waals surface area contributed by atoms with E-state index in [2.05, 4.69) is 26.0 Å². The molecule has 39 heavy (non-hydrogen) atoms. The van der Waals surface area contributed by atoms with E-state index in [1.807, 2.05) is 97.9 Å². The number of Topliss-reactive ketones (excluding diaryl/α,β-unsaturated/α-hetero) is 1. The number of carbonyl (C=O) groups is 2. The zero-order chi connectivity index (χ0) is 27.2. The Morgan fingerprint density at radius 1 is 0.795 bits per heavy atom. The first-order valence-electron chi connectivity index (χ1n) is 12.3. The van der Waals surface area contributed by atoms with Crippen molar-refractivity contribution >= 4 is 27.7 Å². The first kappa shape index (κ1) is 26.1. The van der Waals surface area contributed by atoms with E-state index in [1.54, 1.807) is 16.8 Å². The molecule has 7 nitrogen and oxygen atoms in total. The molecule has 0 aliphatic heterocycles. The molecule has 0 saturated carbocycles. The molecule has 0 N–H and O–H groups in total. The zero-order valence-corrected chi connectivity index (χ0v) is 22.7. The molecule has 0 aliphatic carbocycles. The van der Waals surface area contributed by atoms with Crippen LogP contribution < -0.4 is 4.74 Å². The second kappa shape index (κ2) is 11.9. The third kappa shape index (κ3) is 6.13. The Labute approximate surface area is 234 Å². The van der Waals surface area contributed by atoms with Crippen molar-refractivity contribution in [1.29, 1.82) is 0 Å². The topological polar surface area (TPSA) is 83.3 Å². The molecule has 0 aliphatic rings. The summed E-state index contributed by atoms with van der Waals surface area (Å²) in [7, 11) is 0. The van der Waals surface area contributed by atoms with Crippen LogP contribution in [0.25, 0.3) is 28.2 Å². The van der Waals surface area contributed by atoms with Crippen molar-refractivity contribution in [2.24, 2.45) is 0 Å². The van der Waals surface area contributed by atoms with Crippen molar-refractivity contribution in [1.82, 2.24) is 14.8 Å². The highest BCUT2D eigenvalue weighted by Crippen LogP contribution is 2.25.